The summed E-state index contributed by atoms with van der Waals surface area (Å²) < 4.78 is 0. The summed E-state index contributed by atoms with van der Waals surface area (Å²) >= 11 is 1.66. The molecule has 1 saturated carbocycles. The van der Waals surface area contributed by atoms with E-state index in [1.165, 1.54) is 19.3 Å². The van der Waals surface area contributed by atoms with Gasteiger partial charge in [-0.1, -0.05) is 19.3 Å². The first-order valence-corrected chi connectivity index (χ1v) is 9.54. The summed E-state index contributed by atoms with van der Waals surface area (Å²) in [5.41, 5.74) is 0.0516. The third kappa shape index (κ3) is 9.84. The van der Waals surface area contributed by atoms with Crippen LogP contribution in [0.1, 0.15) is 52.4 Å². The first-order chi connectivity index (χ1) is 10.8. The molecule has 0 heterocycles. The van der Waals surface area contributed by atoms with Crippen LogP contribution < -0.4 is 10.6 Å². The highest BCUT2D eigenvalue weighted by molar-refractivity contribution is 7.98. The second-order valence-electron chi connectivity index (χ2n) is 6.29. The fraction of sp³-hybridized carbons (Fsp3) is 0.875. The summed E-state index contributed by atoms with van der Waals surface area (Å²) in [6.07, 6.45) is 8.58. The molecule has 2 atom stereocenters. The molecular formula is C16H32N2O4S. The fourth-order valence-electron chi connectivity index (χ4n) is 2.69. The van der Waals surface area contributed by atoms with Gasteiger partial charge in [0.2, 0.25) is 0 Å². The van der Waals surface area contributed by atoms with E-state index in [0.29, 0.717) is 6.42 Å². The molecule has 0 bridgehead atoms. The molecule has 1 fully saturated rings. The summed E-state index contributed by atoms with van der Waals surface area (Å²) in [7, 11) is 1.67. The van der Waals surface area contributed by atoms with Gasteiger partial charge in [0.05, 0.1) is 0 Å². The van der Waals surface area contributed by atoms with Gasteiger partial charge in [-0.2, -0.15) is 11.8 Å². The molecule has 1 rings (SSSR count). The molecule has 0 radical (unpaired) electrons. The van der Waals surface area contributed by atoms with Crippen molar-refractivity contribution in [3.05, 3.63) is 0 Å². The zero-order valence-corrected chi connectivity index (χ0v) is 15.5. The number of nitrogens with one attached hydrogen (secondary N) is 2. The van der Waals surface area contributed by atoms with Gasteiger partial charge in [-0.05, 0) is 52.2 Å². The molecule has 6 nitrogen and oxygen atoms in total. The number of carbonyl (C=O) groups is 2. The number of likely N-dealkylation sites (N-methyl/N-ethyl adjacent to an activating group) is 1. The molecule has 1 aliphatic carbocycles. The molecule has 0 aromatic carbocycles. The van der Waals surface area contributed by atoms with Crippen LogP contribution in [0.5, 0.6) is 0 Å². The molecular weight excluding hydrogens is 316 g/mol. The molecule has 4 N–H and O–H groups in total. The van der Waals surface area contributed by atoms with Crippen LogP contribution in [-0.4, -0.2) is 58.8 Å². The van der Waals surface area contributed by atoms with Crippen molar-refractivity contribution in [3.63, 3.8) is 0 Å². The Kier molecular flexibility index (Phi) is 11.3. The van der Waals surface area contributed by atoms with Gasteiger partial charge in [0, 0.05) is 5.54 Å². The van der Waals surface area contributed by atoms with Crippen molar-refractivity contribution < 1.29 is 19.8 Å². The monoisotopic (exact) mass is 348 g/mol. The van der Waals surface area contributed by atoms with E-state index in [0.717, 1.165) is 18.6 Å². The number of carboxylic acids is 2. The molecule has 0 saturated heterocycles. The molecule has 1 aliphatic rings. The molecule has 136 valence electrons. The highest BCUT2D eigenvalue weighted by Gasteiger charge is 2.29. The van der Waals surface area contributed by atoms with Gasteiger partial charge < -0.3 is 15.5 Å². The van der Waals surface area contributed by atoms with E-state index >= 15 is 0 Å². The minimum Gasteiger partial charge on any atom is -0.480 e. The van der Waals surface area contributed by atoms with Crippen LogP contribution in [-0.2, 0) is 9.59 Å². The summed E-state index contributed by atoms with van der Waals surface area (Å²) in [5, 5.41) is 23.2. The summed E-state index contributed by atoms with van der Waals surface area (Å²) in [6.45, 7) is 3.84. The van der Waals surface area contributed by atoms with Crippen molar-refractivity contribution in [1.29, 1.82) is 0 Å². The fourth-order valence-corrected chi connectivity index (χ4v) is 3.16. The minimum absolute atomic E-state index is 0.0516. The van der Waals surface area contributed by atoms with Crippen LogP contribution in [0.4, 0.5) is 0 Å². The van der Waals surface area contributed by atoms with Crippen LogP contribution in [0.25, 0.3) is 0 Å². The van der Waals surface area contributed by atoms with Gasteiger partial charge in [-0.15, -0.1) is 0 Å². The Labute approximate surface area is 143 Å². The highest BCUT2D eigenvalue weighted by atomic mass is 32.2. The smallest absolute Gasteiger partial charge is 0.320 e. The van der Waals surface area contributed by atoms with Crippen molar-refractivity contribution in [2.45, 2.75) is 70.0 Å². The van der Waals surface area contributed by atoms with Crippen LogP contribution >= 0.6 is 11.8 Å². The number of thioether (sulfide) groups is 1. The number of carboxylic acid groups (broad SMARTS) is 2. The normalized spacial score (nSPS) is 19.1. The molecule has 0 aromatic heterocycles. The van der Waals surface area contributed by atoms with Gasteiger partial charge in [0.25, 0.3) is 0 Å². The maximum absolute atomic E-state index is 10.7. The van der Waals surface area contributed by atoms with E-state index in [1.807, 2.05) is 6.26 Å². The number of aliphatic carboxylic acids is 2. The van der Waals surface area contributed by atoms with Crippen molar-refractivity contribution in [3.8, 4) is 0 Å². The average Bonchev–Trinajstić information content (AvgIpc) is 2.48. The number of hydrogen-bond acceptors (Lipinski definition) is 5. The van der Waals surface area contributed by atoms with E-state index < -0.39 is 18.0 Å². The number of hydrogen-bond donors (Lipinski definition) is 4. The topological polar surface area (TPSA) is 98.7 Å². The van der Waals surface area contributed by atoms with Crippen LogP contribution in [0.2, 0.25) is 0 Å². The van der Waals surface area contributed by atoms with Gasteiger partial charge >= 0.3 is 11.9 Å². The van der Waals surface area contributed by atoms with E-state index in [9.17, 15) is 9.59 Å². The largest absolute Gasteiger partial charge is 0.480 e. The zero-order chi connectivity index (χ0) is 17.9. The van der Waals surface area contributed by atoms with Crippen molar-refractivity contribution >= 4 is 23.7 Å². The maximum atomic E-state index is 10.7. The second kappa shape index (κ2) is 11.7. The van der Waals surface area contributed by atoms with E-state index in [1.54, 1.807) is 25.7 Å². The minimum atomic E-state index is -0.767. The third-order valence-electron chi connectivity index (χ3n) is 4.15. The lowest BCUT2D eigenvalue weighted by molar-refractivity contribution is -0.140. The summed E-state index contributed by atoms with van der Waals surface area (Å²) in [4.78, 5) is 21.0. The van der Waals surface area contributed by atoms with Gasteiger partial charge in [-0.25, -0.2) is 0 Å². The summed E-state index contributed by atoms with van der Waals surface area (Å²) in [6, 6.07) is -0.810. The highest BCUT2D eigenvalue weighted by Crippen LogP contribution is 2.27. The molecule has 2 unspecified atom stereocenters. The molecule has 23 heavy (non-hydrogen) atoms. The van der Waals surface area contributed by atoms with Crippen molar-refractivity contribution in [2.24, 2.45) is 0 Å². The quantitative estimate of drug-likeness (QED) is 0.533. The van der Waals surface area contributed by atoms with E-state index in [4.69, 9.17) is 10.2 Å². The molecule has 0 aliphatic heterocycles. The Balaban J connectivity index is 0.000000438. The van der Waals surface area contributed by atoms with Crippen LogP contribution in [0.15, 0.2) is 0 Å². The van der Waals surface area contributed by atoms with Gasteiger partial charge in [0.15, 0.2) is 0 Å². The van der Waals surface area contributed by atoms with Crippen LogP contribution in [0.3, 0.4) is 0 Å². The average molecular weight is 349 g/mol. The first kappa shape index (κ1) is 22.2. The summed E-state index contributed by atoms with van der Waals surface area (Å²) in [5.74, 6) is -0.638. The van der Waals surface area contributed by atoms with Gasteiger partial charge in [-0.3, -0.25) is 14.9 Å². The predicted molar refractivity (Wildman–Crippen MR) is 95.2 cm³/mol. The predicted octanol–water partition coefficient (Wildman–Crippen LogP) is 2.18. The molecule has 0 amide bonds. The molecule has 0 aromatic rings. The molecule has 7 heteroatoms. The Bertz CT molecular complexity index is 360. The Morgan fingerprint density at radius 2 is 1.74 bits per heavy atom. The second-order valence-corrected chi connectivity index (χ2v) is 7.27. The van der Waals surface area contributed by atoms with Crippen molar-refractivity contribution in [2.75, 3.05) is 19.1 Å². The Morgan fingerprint density at radius 3 is 2.13 bits per heavy atom. The lowest BCUT2D eigenvalue weighted by Crippen LogP contribution is -2.50. The molecule has 0 spiro atoms. The standard InChI is InChI=1S/C10H19NO2.C6H13NO2S/c1-8(9(12)13)11-10(2)6-4-3-5-7-10;1-7-5(6(8)9)3-4-10-2/h8,11H,3-7H2,1-2H3,(H,12,13);5,7H,3-4H2,1-2H3,(H,8,9). The van der Waals surface area contributed by atoms with Gasteiger partial charge in [0.1, 0.15) is 12.1 Å². The SMILES string of the molecule is CC(NC1(C)CCCCC1)C(=O)O.CNC(CCSC)C(=O)O. The first-order valence-electron chi connectivity index (χ1n) is 8.15. The van der Waals surface area contributed by atoms with Crippen LogP contribution in [0, 0.1) is 0 Å². The Morgan fingerprint density at radius 1 is 1.17 bits per heavy atom. The lowest BCUT2D eigenvalue weighted by Gasteiger charge is -2.36. The Hall–Kier alpha value is -0.790. The number of rotatable bonds is 8. The van der Waals surface area contributed by atoms with E-state index in [2.05, 4.69) is 17.6 Å². The third-order valence-corrected chi connectivity index (χ3v) is 4.79. The lowest BCUT2D eigenvalue weighted by atomic mass is 9.83. The maximum Gasteiger partial charge on any atom is 0.320 e. The van der Waals surface area contributed by atoms with Crippen molar-refractivity contribution in [1.82, 2.24) is 10.6 Å². The zero-order valence-electron chi connectivity index (χ0n) is 14.7. The van der Waals surface area contributed by atoms with E-state index in [-0.39, 0.29) is 11.6 Å².